The molecule has 0 saturated carbocycles. The molecular formula is C16H22N2O3. The average molecular weight is 290 g/mol. The van der Waals surface area contributed by atoms with E-state index in [1.165, 1.54) is 11.1 Å². The van der Waals surface area contributed by atoms with Gasteiger partial charge in [0.2, 0.25) is 0 Å². The minimum Gasteiger partial charge on any atom is -0.481 e. The topological polar surface area (TPSA) is 78.4 Å². The van der Waals surface area contributed by atoms with E-state index >= 15 is 0 Å². The number of carbonyl (C=O) groups is 2. The number of urea groups is 1. The minimum atomic E-state index is -0.789. The molecule has 0 radical (unpaired) electrons. The molecule has 0 fully saturated rings. The van der Waals surface area contributed by atoms with Gasteiger partial charge in [0.05, 0.1) is 5.92 Å². The summed E-state index contributed by atoms with van der Waals surface area (Å²) in [6, 6.07) is 8.11. The molecule has 2 amide bonds. The number of hydrogen-bond acceptors (Lipinski definition) is 2. The number of carboxylic acids is 1. The molecule has 114 valence electrons. The van der Waals surface area contributed by atoms with Crippen LogP contribution in [-0.2, 0) is 11.2 Å². The van der Waals surface area contributed by atoms with Gasteiger partial charge >= 0.3 is 12.0 Å². The lowest BCUT2D eigenvalue weighted by molar-refractivity contribution is -0.141. The first-order valence-electron chi connectivity index (χ1n) is 7.40. The van der Waals surface area contributed by atoms with E-state index in [0.29, 0.717) is 31.8 Å². The molecule has 0 aromatic heterocycles. The quantitative estimate of drug-likeness (QED) is 0.673. The highest BCUT2D eigenvalue weighted by Gasteiger charge is 2.25. The van der Waals surface area contributed by atoms with Crippen LogP contribution < -0.4 is 10.6 Å². The van der Waals surface area contributed by atoms with E-state index in [9.17, 15) is 9.59 Å². The first-order chi connectivity index (χ1) is 10.1. The Labute approximate surface area is 124 Å². The van der Waals surface area contributed by atoms with E-state index < -0.39 is 5.97 Å². The van der Waals surface area contributed by atoms with Crippen molar-refractivity contribution in [2.45, 2.75) is 32.1 Å². The highest BCUT2D eigenvalue weighted by Crippen LogP contribution is 2.33. The summed E-state index contributed by atoms with van der Waals surface area (Å²) in [4.78, 5) is 22.3. The van der Waals surface area contributed by atoms with Crippen molar-refractivity contribution in [3.05, 3.63) is 35.4 Å². The standard InChI is InChI=1S/C16H22N2O3/c1-11(15(19)20)5-4-8-17-16(21)18-10-13-9-12-6-2-3-7-14(12)13/h2-3,6-7,11,13H,4-5,8-10H2,1H3,(H,19,20)(H2,17,18,21). The molecule has 1 aliphatic rings. The summed E-state index contributed by atoms with van der Waals surface area (Å²) in [5, 5.41) is 14.4. The van der Waals surface area contributed by atoms with Crippen LogP contribution in [0.5, 0.6) is 0 Å². The number of hydrogen-bond donors (Lipinski definition) is 3. The highest BCUT2D eigenvalue weighted by molar-refractivity contribution is 5.74. The Morgan fingerprint density at radius 2 is 2.10 bits per heavy atom. The first-order valence-corrected chi connectivity index (χ1v) is 7.40. The number of aliphatic carboxylic acids is 1. The molecular weight excluding hydrogens is 268 g/mol. The number of rotatable bonds is 7. The van der Waals surface area contributed by atoms with Gasteiger partial charge in [0, 0.05) is 19.0 Å². The Morgan fingerprint density at radius 3 is 2.81 bits per heavy atom. The van der Waals surface area contributed by atoms with Crippen LogP contribution in [0.3, 0.4) is 0 Å². The van der Waals surface area contributed by atoms with Crippen LogP contribution >= 0.6 is 0 Å². The summed E-state index contributed by atoms with van der Waals surface area (Å²) in [5.41, 5.74) is 2.69. The monoisotopic (exact) mass is 290 g/mol. The predicted molar refractivity (Wildman–Crippen MR) is 80.3 cm³/mol. The molecule has 2 unspecified atom stereocenters. The Balaban J connectivity index is 1.58. The normalized spacial score (nSPS) is 17.3. The second kappa shape index (κ2) is 7.11. The van der Waals surface area contributed by atoms with Gasteiger partial charge in [0.1, 0.15) is 0 Å². The summed E-state index contributed by atoms with van der Waals surface area (Å²) in [5.74, 6) is -0.733. The van der Waals surface area contributed by atoms with Gasteiger partial charge in [0.15, 0.2) is 0 Å². The van der Waals surface area contributed by atoms with Crippen LogP contribution in [0.2, 0.25) is 0 Å². The zero-order chi connectivity index (χ0) is 15.2. The van der Waals surface area contributed by atoms with Gasteiger partial charge in [-0.25, -0.2) is 4.79 Å². The molecule has 5 heteroatoms. The molecule has 0 heterocycles. The largest absolute Gasteiger partial charge is 0.481 e. The third-order valence-corrected chi connectivity index (χ3v) is 3.99. The zero-order valence-corrected chi connectivity index (χ0v) is 12.3. The Kier molecular flexibility index (Phi) is 5.20. The summed E-state index contributed by atoms with van der Waals surface area (Å²) in [6.45, 7) is 2.83. The van der Waals surface area contributed by atoms with Crippen LogP contribution in [0, 0.1) is 5.92 Å². The second-order valence-corrected chi connectivity index (χ2v) is 5.62. The fourth-order valence-corrected chi connectivity index (χ4v) is 2.56. The summed E-state index contributed by atoms with van der Waals surface area (Å²) < 4.78 is 0. The molecule has 0 bridgehead atoms. The van der Waals surface area contributed by atoms with Crippen molar-refractivity contribution in [1.82, 2.24) is 10.6 Å². The maximum Gasteiger partial charge on any atom is 0.314 e. The number of amides is 2. The highest BCUT2D eigenvalue weighted by atomic mass is 16.4. The fraction of sp³-hybridized carbons (Fsp3) is 0.500. The summed E-state index contributed by atoms with van der Waals surface area (Å²) >= 11 is 0. The van der Waals surface area contributed by atoms with Crippen molar-refractivity contribution in [3.8, 4) is 0 Å². The van der Waals surface area contributed by atoms with Crippen molar-refractivity contribution in [3.63, 3.8) is 0 Å². The third kappa shape index (κ3) is 4.21. The van der Waals surface area contributed by atoms with E-state index in [1.54, 1.807) is 6.92 Å². The predicted octanol–water partition coefficient (Wildman–Crippen LogP) is 2.13. The number of nitrogens with one attached hydrogen (secondary N) is 2. The van der Waals surface area contributed by atoms with Crippen molar-refractivity contribution in [1.29, 1.82) is 0 Å². The molecule has 0 aliphatic heterocycles. The van der Waals surface area contributed by atoms with Gasteiger partial charge < -0.3 is 15.7 Å². The van der Waals surface area contributed by atoms with Gasteiger partial charge in [0.25, 0.3) is 0 Å². The fourth-order valence-electron chi connectivity index (χ4n) is 2.56. The third-order valence-electron chi connectivity index (χ3n) is 3.99. The van der Waals surface area contributed by atoms with Gasteiger partial charge in [-0.2, -0.15) is 0 Å². The van der Waals surface area contributed by atoms with Crippen molar-refractivity contribution in [2.24, 2.45) is 5.92 Å². The average Bonchev–Trinajstić information content (AvgIpc) is 2.44. The van der Waals surface area contributed by atoms with Gasteiger partial charge in [-0.05, 0) is 30.4 Å². The van der Waals surface area contributed by atoms with Crippen LogP contribution in [0.25, 0.3) is 0 Å². The van der Waals surface area contributed by atoms with Crippen molar-refractivity contribution >= 4 is 12.0 Å². The molecule has 1 aromatic rings. The lowest BCUT2D eigenvalue weighted by Gasteiger charge is -2.30. The SMILES string of the molecule is CC(CCCNC(=O)NCC1Cc2ccccc21)C(=O)O. The number of fused-ring (bicyclic) bond motifs is 1. The maximum atomic E-state index is 11.6. The molecule has 5 nitrogen and oxygen atoms in total. The van der Waals surface area contributed by atoms with Crippen LogP contribution in [0.1, 0.15) is 36.8 Å². The van der Waals surface area contributed by atoms with Gasteiger partial charge in [-0.3, -0.25) is 4.79 Å². The zero-order valence-electron chi connectivity index (χ0n) is 12.3. The molecule has 3 N–H and O–H groups in total. The lowest BCUT2D eigenvalue weighted by atomic mass is 9.78. The second-order valence-electron chi connectivity index (χ2n) is 5.62. The van der Waals surface area contributed by atoms with Crippen LogP contribution in [0.15, 0.2) is 24.3 Å². The molecule has 1 aliphatic carbocycles. The molecule has 2 atom stereocenters. The molecule has 21 heavy (non-hydrogen) atoms. The van der Waals surface area contributed by atoms with E-state index in [-0.39, 0.29) is 11.9 Å². The minimum absolute atomic E-state index is 0.178. The number of carbonyl (C=O) groups excluding carboxylic acids is 1. The Hall–Kier alpha value is -2.04. The Bertz CT molecular complexity index is 516. The smallest absolute Gasteiger partial charge is 0.314 e. The van der Waals surface area contributed by atoms with E-state index in [4.69, 9.17) is 5.11 Å². The Morgan fingerprint density at radius 1 is 1.33 bits per heavy atom. The first kappa shape index (κ1) is 15.4. The molecule has 0 spiro atoms. The van der Waals surface area contributed by atoms with Crippen molar-refractivity contribution < 1.29 is 14.7 Å². The summed E-state index contributed by atoms with van der Waals surface area (Å²) in [7, 11) is 0. The number of carboxylic acid groups (broad SMARTS) is 1. The van der Waals surface area contributed by atoms with E-state index in [1.807, 2.05) is 12.1 Å². The maximum absolute atomic E-state index is 11.6. The molecule has 1 aromatic carbocycles. The van der Waals surface area contributed by atoms with E-state index in [0.717, 1.165) is 6.42 Å². The van der Waals surface area contributed by atoms with Gasteiger partial charge in [-0.15, -0.1) is 0 Å². The lowest BCUT2D eigenvalue weighted by Crippen LogP contribution is -2.40. The molecule has 0 saturated heterocycles. The van der Waals surface area contributed by atoms with Crippen LogP contribution in [-0.4, -0.2) is 30.2 Å². The van der Waals surface area contributed by atoms with Crippen molar-refractivity contribution in [2.75, 3.05) is 13.1 Å². The van der Waals surface area contributed by atoms with Gasteiger partial charge in [-0.1, -0.05) is 31.2 Å². The van der Waals surface area contributed by atoms with Crippen LogP contribution in [0.4, 0.5) is 4.79 Å². The molecule has 2 rings (SSSR count). The number of benzene rings is 1. The van der Waals surface area contributed by atoms with E-state index in [2.05, 4.69) is 22.8 Å². The summed E-state index contributed by atoms with van der Waals surface area (Å²) in [6.07, 6.45) is 2.27.